The van der Waals surface area contributed by atoms with E-state index in [0.717, 1.165) is 33.6 Å². The summed E-state index contributed by atoms with van der Waals surface area (Å²) in [6, 6.07) is 11.4. The Labute approximate surface area is 159 Å². The van der Waals surface area contributed by atoms with Crippen LogP contribution in [0.1, 0.15) is 15.2 Å². The molecule has 0 atom stereocenters. The minimum Gasteiger partial charge on any atom is -0.497 e. The number of anilines is 3. The molecule has 0 saturated carbocycles. The molecule has 0 aliphatic heterocycles. The summed E-state index contributed by atoms with van der Waals surface area (Å²) in [6.07, 6.45) is 3.27. The highest BCUT2D eigenvalue weighted by Gasteiger charge is 2.15. The Balaban J connectivity index is 1.53. The van der Waals surface area contributed by atoms with Gasteiger partial charge >= 0.3 is 0 Å². The Morgan fingerprint density at radius 2 is 2.11 bits per heavy atom. The lowest BCUT2D eigenvalue weighted by Crippen LogP contribution is -2.11. The summed E-state index contributed by atoms with van der Waals surface area (Å²) in [5, 5.41) is 14.6. The summed E-state index contributed by atoms with van der Waals surface area (Å²) in [4.78, 5) is 17.5. The summed E-state index contributed by atoms with van der Waals surface area (Å²) < 4.78 is 5.21. The minimum atomic E-state index is -0.206. The molecule has 0 aliphatic rings. The maximum atomic E-state index is 12.7. The van der Waals surface area contributed by atoms with Crippen LogP contribution in [0.2, 0.25) is 0 Å². The number of nitrogens with zero attached hydrogens (tertiary/aromatic N) is 2. The Bertz CT molecular complexity index is 1120. The van der Waals surface area contributed by atoms with Crippen LogP contribution in [-0.2, 0) is 0 Å². The molecule has 27 heavy (non-hydrogen) atoms. The molecule has 0 saturated heterocycles. The van der Waals surface area contributed by atoms with Crippen LogP contribution < -0.4 is 15.4 Å². The molecule has 3 N–H and O–H groups in total. The van der Waals surface area contributed by atoms with E-state index in [9.17, 15) is 4.79 Å². The van der Waals surface area contributed by atoms with Crippen LogP contribution in [0.25, 0.3) is 10.9 Å². The second-order valence-corrected chi connectivity index (χ2v) is 6.96. The van der Waals surface area contributed by atoms with Gasteiger partial charge in [-0.1, -0.05) is 23.5 Å². The van der Waals surface area contributed by atoms with Gasteiger partial charge in [0.1, 0.15) is 10.6 Å². The van der Waals surface area contributed by atoms with Crippen molar-refractivity contribution in [2.75, 3.05) is 17.7 Å². The van der Waals surface area contributed by atoms with Crippen molar-refractivity contribution in [1.82, 2.24) is 15.2 Å². The van der Waals surface area contributed by atoms with Gasteiger partial charge in [0.25, 0.3) is 5.91 Å². The number of aromatic nitrogens is 3. The molecule has 0 fully saturated rings. The van der Waals surface area contributed by atoms with Crippen molar-refractivity contribution >= 4 is 44.7 Å². The summed E-state index contributed by atoms with van der Waals surface area (Å²) in [7, 11) is 1.62. The third kappa shape index (κ3) is 3.47. The molecule has 4 aromatic rings. The van der Waals surface area contributed by atoms with E-state index in [1.165, 1.54) is 11.3 Å². The average molecular weight is 379 g/mol. The molecule has 0 bridgehead atoms. The third-order valence-corrected chi connectivity index (χ3v) is 5.03. The van der Waals surface area contributed by atoms with Crippen LogP contribution in [0, 0.1) is 6.92 Å². The zero-order valence-electron chi connectivity index (χ0n) is 14.7. The smallest absolute Gasteiger partial charge is 0.267 e. The topological polar surface area (TPSA) is 91.9 Å². The highest BCUT2D eigenvalue weighted by Crippen LogP contribution is 2.28. The fraction of sp³-hybridized carbons (Fsp3) is 0.105. The average Bonchev–Trinajstić information content (AvgIpc) is 3.33. The van der Waals surface area contributed by atoms with Gasteiger partial charge in [0.2, 0.25) is 0 Å². The highest BCUT2D eigenvalue weighted by atomic mass is 32.1. The number of amides is 1. The zero-order valence-corrected chi connectivity index (χ0v) is 15.6. The molecule has 0 radical (unpaired) electrons. The van der Waals surface area contributed by atoms with Gasteiger partial charge in [-0.25, -0.2) is 4.98 Å². The van der Waals surface area contributed by atoms with Crippen molar-refractivity contribution in [3.05, 3.63) is 59.2 Å². The van der Waals surface area contributed by atoms with Gasteiger partial charge in [-0.15, -0.1) is 0 Å². The van der Waals surface area contributed by atoms with E-state index in [-0.39, 0.29) is 5.91 Å². The fourth-order valence-electron chi connectivity index (χ4n) is 2.73. The number of aryl methyl sites for hydroxylation is 1. The van der Waals surface area contributed by atoms with E-state index >= 15 is 0 Å². The number of aromatic amines is 1. The van der Waals surface area contributed by atoms with Crippen LogP contribution in [-0.4, -0.2) is 28.2 Å². The molecule has 0 spiro atoms. The molecule has 2 aromatic carbocycles. The van der Waals surface area contributed by atoms with E-state index in [2.05, 4.69) is 25.8 Å². The lowest BCUT2D eigenvalue weighted by Gasteiger charge is -2.08. The van der Waals surface area contributed by atoms with Gasteiger partial charge in [-0.05, 0) is 30.7 Å². The van der Waals surface area contributed by atoms with Crippen molar-refractivity contribution in [2.24, 2.45) is 0 Å². The largest absolute Gasteiger partial charge is 0.497 e. The normalized spacial score (nSPS) is 10.7. The van der Waals surface area contributed by atoms with Crippen molar-refractivity contribution in [2.45, 2.75) is 6.92 Å². The predicted octanol–water partition coefficient (Wildman–Crippen LogP) is 4.33. The molecule has 0 unspecified atom stereocenters. The molecule has 136 valence electrons. The predicted molar refractivity (Wildman–Crippen MR) is 107 cm³/mol. The fourth-order valence-corrected chi connectivity index (χ4v) is 3.46. The van der Waals surface area contributed by atoms with Crippen LogP contribution >= 0.6 is 11.3 Å². The Kier molecular flexibility index (Phi) is 4.47. The Morgan fingerprint density at radius 1 is 1.22 bits per heavy atom. The number of H-pyrrole nitrogens is 1. The van der Waals surface area contributed by atoms with Gasteiger partial charge in [0, 0.05) is 17.1 Å². The lowest BCUT2D eigenvalue weighted by atomic mass is 10.1. The highest BCUT2D eigenvalue weighted by molar-refractivity contribution is 7.17. The number of carbonyl (C=O) groups excluding carboxylic acids is 1. The molecule has 7 nitrogen and oxygen atoms in total. The van der Waals surface area contributed by atoms with Crippen molar-refractivity contribution in [3.8, 4) is 5.75 Å². The second-order valence-electron chi connectivity index (χ2n) is 5.93. The number of thiazole rings is 1. The molecule has 1 amide bonds. The molecule has 4 rings (SSSR count). The van der Waals surface area contributed by atoms with Gasteiger partial charge in [0.05, 0.1) is 30.7 Å². The number of carbonyl (C=O) groups is 1. The van der Waals surface area contributed by atoms with Crippen LogP contribution in [0.15, 0.2) is 48.8 Å². The summed E-state index contributed by atoms with van der Waals surface area (Å²) in [5.74, 6) is 0.543. The van der Waals surface area contributed by atoms with Gasteiger partial charge in [-0.3, -0.25) is 9.89 Å². The van der Waals surface area contributed by atoms with Crippen molar-refractivity contribution in [1.29, 1.82) is 0 Å². The molecule has 2 aromatic heterocycles. The summed E-state index contributed by atoms with van der Waals surface area (Å²) in [5.41, 5.74) is 3.44. The van der Waals surface area contributed by atoms with E-state index in [1.807, 2.05) is 43.3 Å². The Morgan fingerprint density at radius 3 is 2.96 bits per heavy atom. The number of hydrogen-bond acceptors (Lipinski definition) is 6. The zero-order chi connectivity index (χ0) is 18.8. The standard InChI is InChI=1S/C19H17N5O2S/c1-11-6-7-15-14(9-21-24-15)17(11)23-18(25)16-10-20-19(27-16)22-12-4-3-5-13(8-12)26-2/h3-10H,1-2H3,(H,20,22)(H,21,24)(H,23,25). The first-order chi connectivity index (χ1) is 13.1. The monoisotopic (exact) mass is 379 g/mol. The number of nitrogens with one attached hydrogen (secondary N) is 3. The Hall–Kier alpha value is -3.39. The first-order valence-corrected chi connectivity index (χ1v) is 9.06. The third-order valence-electron chi connectivity index (χ3n) is 4.12. The number of fused-ring (bicyclic) bond motifs is 1. The molecule has 0 aliphatic carbocycles. The molecular formula is C19H17N5O2S. The number of methoxy groups -OCH3 is 1. The number of ether oxygens (including phenoxy) is 1. The quantitative estimate of drug-likeness (QED) is 0.480. The molecule has 8 heteroatoms. The summed E-state index contributed by atoms with van der Waals surface area (Å²) in [6.45, 7) is 1.95. The van der Waals surface area contributed by atoms with E-state index in [4.69, 9.17) is 4.74 Å². The van der Waals surface area contributed by atoms with Crippen LogP contribution in [0.4, 0.5) is 16.5 Å². The molecular weight excluding hydrogens is 362 g/mol. The number of benzene rings is 2. The SMILES string of the molecule is COc1cccc(Nc2ncc(C(=O)Nc3c(C)ccc4[nH]ncc34)s2)c1. The van der Waals surface area contributed by atoms with Crippen LogP contribution in [0.5, 0.6) is 5.75 Å². The van der Waals surface area contributed by atoms with Gasteiger partial charge < -0.3 is 15.4 Å². The van der Waals surface area contributed by atoms with Gasteiger partial charge in [0.15, 0.2) is 5.13 Å². The second kappa shape index (κ2) is 7.08. The van der Waals surface area contributed by atoms with E-state index < -0.39 is 0 Å². The lowest BCUT2D eigenvalue weighted by molar-refractivity contribution is 0.103. The van der Waals surface area contributed by atoms with Crippen molar-refractivity contribution in [3.63, 3.8) is 0 Å². The van der Waals surface area contributed by atoms with E-state index in [0.29, 0.717) is 10.0 Å². The molecule has 2 heterocycles. The van der Waals surface area contributed by atoms with Crippen LogP contribution in [0.3, 0.4) is 0 Å². The van der Waals surface area contributed by atoms with Crippen molar-refractivity contribution < 1.29 is 9.53 Å². The van der Waals surface area contributed by atoms with Gasteiger partial charge in [-0.2, -0.15) is 5.10 Å². The summed E-state index contributed by atoms with van der Waals surface area (Å²) >= 11 is 1.28. The van der Waals surface area contributed by atoms with E-state index in [1.54, 1.807) is 19.5 Å². The number of rotatable bonds is 5. The maximum absolute atomic E-state index is 12.7. The number of hydrogen-bond donors (Lipinski definition) is 3. The first-order valence-electron chi connectivity index (χ1n) is 8.25. The maximum Gasteiger partial charge on any atom is 0.267 e. The first kappa shape index (κ1) is 17.0. The minimum absolute atomic E-state index is 0.206.